The van der Waals surface area contributed by atoms with Crippen LogP contribution in [0.25, 0.3) is 0 Å². The number of benzene rings is 1. The molecule has 1 rings (SSSR count). The number of nitrogens with zero attached hydrogens (tertiary/aromatic N) is 1. The van der Waals surface area contributed by atoms with Crippen molar-refractivity contribution in [2.45, 2.75) is 25.2 Å². The molecule has 9 heteroatoms. The first-order valence-electron chi connectivity index (χ1n) is 5.13. The Morgan fingerprint density at radius 1 is 1.45 bits per heavy atom. The summed E-state index contributed by atoms with van der Waals surface area (Å²) < 4.78 is 31.5. The van der Waals surface area contributed by atoms with Gasteiger partial charge in [0.2, 0.25) is 0 Å². The summed E-state index contributed by atoms with van der Waals surface area (Å²) in [6, 6.07) is 2.39. The van der Waals surface area contributed by atoms with Gasteiger partial charge in [-0.05, 0) is 37.4 Å². The van der Waals surface area contributed by atoms with E-state index in [1.165, 1.54) is 19.9 Å². The van der Waals surface area contributed by atoms with E-state index in [1.807, 2.05) is 0 Å². The van der Waals surface area contributed by atoms with Crippen molar-refractivity contribution >= 4 is 39.1 Å². The summed E-state index contributed by atoms with van der Waals surface area (Å²) in [5.41, 5.74) is 0.0928. The molecule has 0 unspecified atom stereocenters. The molecule has 0 radical (unpaired) electrons. The van der Waals surface area contributed by atoms with Crippen LogP contribution in [0.15, 0.2) is 22.0 Å². The number of carbonyl (C=O) groups excluding carboxylic acids is 1. The molecule has 0 heterocycles. The molecule has 1 aromatic rings. The Morgan fingerprint density at radius 2 is 2.00 bits per heavy atom. The van der Waals surface area contributed by atoms with E-state index in [2.05, 4.69) is 4.99 Å². The molecule has 1 aromatic carbocycles. The maximum absolute atomic E-state index is 11.4. The van der Waals surface area contributed by atoms with Crippen LogP contribution in [0.3, 0.4) is 0 Å². The van der Waals surface area contributed by atoms with Crippen molar-refractivity contribution in [2.24, 2.45) is 4.99 Å². The van der Waals surface area contributed by atoms with E-state index < -0.39 is 33.1 Å². The topological polar surface area (TPSA) is 107 Å². The number of rotatable bonds is 4. The molecule has 0 bridgehead atoms. The van der Waals surface area contributed by atoms with Crippen LogP contribution in [0.1, 0.15) is 18.9 Å². The molecule has 0 atom stereocenters. The van der Waals surface area contributed by atoms with Crippen molar-refractivity contribution in [1.29, 1.82) is 0 Å². The van der Waals surface area contributed by atoms with Gasteiger partial charge in [-0.2, -0.15) is 8.42 Å². The van der Waals surface area contributed by atoms with Gasteiger partial charge in [0.25, 0.3) is 10.1 Å². The van der Waals surface area contributed by atoms with Crippen LogP contribution in [-0.2, 0) is 14.9 Å². The normalized spacial score (nSPS) is 11.9. The molecule has 0 saturated carbocycles. The van der Waals surface area contributed by atoms with E-state index in [0.29, 0.717) is 5.56 Å². The third-order valence-corrected chi connectivity index (χ3v) is 3.23. The molecule has 0 aromatic heterocycles. The van der Waals surface area contributed by atoms with Gasteiger partial charge in [-0.25, -0.2) is 0 Å². The Morgan fingerprint density at radius 3 is 2.45 bits per heavy atom. The summed E-state index contributed by atoms with van der Waals surface area (Å²) in [5, 5.41) is 11.5. The smallest absolute Gasteiger partial charge is 0.861 e. The molecule has 104 valence electrons. The van der Waals surface area contributed by atoms with Crippen LogP contribution in [0.4, 0.5) is 5.69 Å². The molecule has 0 amide bonds. The van der Waals surface area contributed by atoms with Crippen LogP contribution in [0.5, 0.6) is 0 Å². The molecule has 0 aliphatic heterocycles. The molecular weight excluding hydrogens is 317 g/mol. The third-order valence-electron chi connectivity index (χ3n) is 2.14. The number of Topliss-reactive ketones (excluding diaryl/α,β-unsaturated/α-hetero) is 1. The fraction of sp³-hybridized carbons (Fsp3) is 0.273. The summed E-state index contributed by atoms with van der Waals surface area (Å²) >= 11 is 5.69. The Balaban J connectivity index is 0.00000361. The zero-order chi connectivity index (χ0) is 14.8. The minimum absolute atomic E-state index is 0. The number of aryl methyl sites for hydroxylation is 1. The van der Waals surface area contributed by atoms with Crippen molar-refractivity contribution < 1.29 is 52.4 Å². The van der Waals surface area contributed by atoms with Crippen molar-refractivity contribution in [1.82, 2.24) is 0 Å². The predicted octanol–water partition coefficient (Wildman–Crippen LogP) is -1.73. The Kier molecular flexibility index (Phi) is 7.37. The van der Waals surface area contributed by atoms with E-state index >= 15 is 0 Å². The fourth-order valence-corrected chi connectivity index (χ4v) is 2.49. The van der Waals surface area contributed by atoms with Gasteiger partial charge in [-0.15, -0.1) is 0 Å². The van der Waals surface area contributed by atoms with Crippen LogP contribution in [-0.4, -0.2) is 24.7 Å². The van der Waals surface area contributed by atoms with Gasteiger partial charge in [0.05, 0.1) is 5.69 Å². The summed E-state index contributed by atoms with van der Waals surface area (Å²) in [6.45, 7) is 2.70. The second-order valence-corrected chi connectivity index (χ2v) is 5.76. The number of hydrogen-bond donors (Lipinski definition) is 1. The number of aliphatic imine (C=N–C) groups is 1. The molecule has 0 saturated heterocycles. The third kappa shape index (κ3) is 5.51. The number of carbonyl (C=O) groups is 1. The first-order valence-corrected chi connectivity index (χ1v) is 6.94. The number of ketones is 1. The fourth-order valence-electron chi connectivity index (χ4n) is 1.42. The van der Waals surface area contributed by atoms with Gasteiger partial charge in [-0.1, -0.05) is 11.6 Å². The van der Waals surface area contributed by atoms with Crippen molar-refractivity contribution in [3.05, 3.63) is 22.7 Å². The van der Waals surface area contributed by atoms with Gasteiger partial charge in [-0.3, -0.25) is 14.3 Å². The summed E-state index contributed by atoms with van der Waals surface area (Å²) in [7, 11) is -4.57. The van der Waals surface area contributed by atoms with E-state index in [0.717, 1.165) is 6.07 Å². The van der Waals surface area contributed by atoms with Crippen molar-refractivity contribution in [3.63, 3.8) is 0 Å². The second kappa shape index (κ2) is 7.53. The van der Waals surface area contributed by atoms with Crippen LogP contribution in [0.2, 0.25) is 5.02 Å². The van der Waals surface area contributed by atoms with Gasteiger partial charge in [0.15, 0.2) is 0 Å². The maximum atomic E-state index is 11.4. The number of hydrogen-bond acceptors (Lipinski definition) is 5. The van der Waals surface area contributed by atoms with Gasteiger partial charge in [0.1, 0.15) is 10.7 Å². The minimum atomic E-state index is -4.57. The SMILES string of the molecule is CC(=O)CC([O-])=Nc1c(C)cc(Cl)cc1S(=O)(=O)O.[Na+]. The molecule has 0 fully saturated rings. The first kappa shape index (κ1) is 19.6. The second-order valence-electron chi connectivity index (χ2n) is 3.93. The standard InChI is InChI=1S/C11H12ClNO5S.Na/c1-6-3-8(12)5-9(19(16,17)18)11(6)13-10(15)4-7(2)14;/h3,5H,4H2,1-2H3,(H,13,15)(H,16,17,18);/q;+1/p-1. The minimum Gasteiger partial charge on any atom is -0.861 e. The maximum Gasteiger partial charge on any atom is 1.00 e. The first-order chi connectivity index (χ1) is 8.61. The van der Waals surface area contributed by atoms with Crippen LogP contribution < -0.4 is 34.7 Å². The zero-order valence-electron chi connectivity index (χ0n) is 11.2. The van der Waals surface area contributed by atoms with Gasteiger partial charge >= 0.3 is 29.6 Å². The number of halogens is 1. The summed E-state index contributed by atoms with van der Waals surface area (Å²) in [5.74, 6) is -1.18. The Hall–Kier alpha value is -0.440. The molecular formula is C11H11ClNNaO5S. The van der Waals surface area contributed by atoms with Gasteiger partial charge < -0.3 is 5.11 Å². The molecule has 1 N–H and O–H groups in total. The van der Waals surface area contributed by atoms with Gasteiger partial charge in [0, 0.05) is 11.4 Å². The zero-order valence-corrected chi connectivity index (χ0v) is 14.7. The average Bonchev–Trinajstić information content (AvgIpc) is 2.18. The summed E-state index contributed by atoms with van der Waals surface area (Å²) in [4.78, 5) is 13.8. The van der Waals surface area contributed by atoms with E-state index in [9.17, 15) is 18.3 Å². The Labute approximate surface area is 143 Å². The Bertz CT molecular complexity index is 657. The quantitative estimate of drug-likeness (QED) is 0.306. The molecule has 0 spiro atoms. The molecule has 0 aliphatic carbocycles. The molecule has 0 aliphatic rings. The van der Waals surface area contributed by atoms with E-state index in [4.69, 9.17) is 16.2 Å². The largest absolute Gasteiger partial charge is 1.00 e. The van der Waals surface area contributed by atoms with E-state index in [1.54, 1.807) is 0 Å². The summed E-state index contributed by atoms with van der Waals surface area (Å²) in [6.07, 6.45) is -0.438. The molecule has 20 heavy (non-hydrogen) atoms. The molecule has 6 nitrogen and oxygen atoms in total. The average molecular weight is 328 g/mol. The van der Waals surface area contributed by atoms with Crippen molar-refractivity contribution in [3.8, 4) is 0 Å². The van der Waals surface area contributed by atoms with Crippen molar-refractivity contribution in [2.75, 3.05) is 0 Å². The van der Waals surface area contributed by atoms with Crippen LogP contribution in [0, 0.1) is 6.92 Å². The van der Waals surface area contributed by atoms with Crippen LogP contribution >= 0.6 is 11.6 Å². The monoisotopic (exact) mass is 327 g/mol. The predicted molar refractivity (Wildman–Crippen MR) is 68.4 cm³/mol. The van der Waals surface area contributed by atoms with E-state index in [-0.39, 0.29) is 40.3 Å².